The maximum absolute atomic E-state index is 11.8. The van der Waals surface area contributed by atoms with Gasteiger partial charge in [0.05, 0.1) is 13.0 Å². The molecule has 0 aliphatic carbocycles. The second kappa shape index (κ2) is 6.65. The van der Waals surface area contributed by atoms with Crippen molar-refractivity contribution >= 4 is 11.9 Å². The quantitative estimate of drug-likeness (QED) is 0.775. The van der Waals surface area contributed by atoms with E-state index in [1.54, 1.807) is 25.3 Å². The summed E-state index contributed by atoms with van der Waals surface area (Å²) < 4.78 is 4.99. The van der Waals surface area contributed by atoms with Gasteiger partial charge in [0.1, 0.15) is 0 Å². The van der Waals surface area contributed by atoms with E-state index >= 15 is 0 Å². The van der Waals surface area contributed by atoms with Crippen LogP contribution in [0.1, 0.15) is 22.3 Å². The standard InChI is InChI=1S/C12H15NO4/c1-17-8-9-4-2-3-5-10(9)12(16)13-7-6-11(14)15/h2-5H,6-8H2,1H3,(H,13,16)(H,14,15). The summed E-state index contributed by atoms with van der Waals surface area (Å²) in [5.41, 5.74) is 1.29. The van der Waals surface area contributed by atoms with E-state index in [1.165, 1.54) is 0 Å². The van der Waals surface area contributed by atoms with Crippen molar-refractivity contribution in [1.29, 1.82) is 0 Å². The Hall–Kier alpha value is -1.88. The van der Waals surface area contributed by atoms with E-state index in [0.717, 1.165) is 5.56 Å². The maximum atomic E-state index is 11.8. The molecule has 0 spiro atoms. The van der Waals surface area contributed by atoms with Crippen molar-refractivity contribution in [3.05, 3.63) is 35.4 Å². The zero-order valence-electron chi connectivity index (χ0n) is 9.60. The average Bonchev–Trinajstić information content (AvgIpc) is 2.29. The number of carboxylic acids is 1. The van der Waals surface area contributed by atoms with Gasteiger partial charge in [-0.2, -0.15) is 0 Å². The number of hydrogen-bond donors (Lipinski definition) is 2. The molecule has 1 aromatic rings. The highest BCUT2D eigenvalue weighted by Crippen LogP contribution is 2.09. The zero-order valence-corrected chi connectivity index (χ0v) is 9.60. The molecule has 0 saturated carbocycles. The molecule has 1 rings (SSSR count). The van der Waals surface area contributed by atoms with E-state index in [2.05, 4.69) is 5.32 Å². The third-order valence-electron chi connectivity index (χ3n) is 2.19. The predicted octanol–water partition coefficient (Wildman–Crippen LogP) is 1.04. The van der Waals surface area contributed by atoms with Crippen LogP contribution in [-0.4, -0.2) is 30.6 Å². The zero-order chi connectivity index (χ0) is 12.7. The molecule has 0 aliphatic heterocycles. The third kappa shape index (κ3) is 4.24. The van der Waals surface area contributed by atoms with Crippen LogP contribution in [0.2, 0.25) is 0 Å². The summed E-state index contributed by atoms with van der Waals surface area (Å²) in [6.07, 6.45) is -0.0851. The van der Waals surface area contributed by atoms with E-state index in [4.69, 9.17) is 9.84 Å². The van der Waals surface area contributed by atoms with Crippen LogP contribution >= 0.6 is 0 Å². The Morgan fingerprint density at radius 1 is 1.35 bits per heavy atom. The van der Waals surface area contributed by atoms with Crippen molar-refractivity contribution in [2.75, 3.05) is 13.7 Å². The van der Waals surface area contributed by atoms with Crippen molar-refractivity contribution in [2.45, 2.75) is 13.0 Å². The molecule has 0 saturated heterocycles. The lowest BCUT2D eigenvalue weighted by Gasteiger charge is -2.08. The van der Waals surface area contributed by atoms with Gasteiger partial charge in [-0.15, -0.1) is 0 Å². The maximum Gasteiger partial charge on any atom is 0.305 e. The summed E-state index contributed by atoms with van der Waals surface area (Å²) in [6, 6.07) is 7.06. The van der Waals surface area contributed by atoms with Gasteiger partial charge in [-0.1, -0.05) is 18.2 Å². The number of ether oxygens (including phenoxy) is 1. The molecular weight excluding hydrogens is 222 g/mol. The Kier molecular flexibility index (Phi) is 5.16. The second-order valence-electron chi connectivity index (χ2n) is 3.49. The highest BCUT2D eigenvalue weighted by Gasteiger charge is 2.10. The summed E-state index contributed by atoms with van der Waals surface area (Å²) >= 11 is 0. The fraction of sp³-hybridized carbons (Fsp3) is 0.333. The van der Waals surface area contributed by atoms with Gasteiger partial charge in [0.25, 0.3) is 5.91 Å². The van der Waals surface area contributed by atoms with Gasteiger partial charge in [0, 0.05) is 19.2 Å². The molecule has 0 aromatic heterocycles. The first kappa shape index (κ1) is 13.2. The van der Waals surface area contributed by atoms with E-state index < -0.39 is 5.97 Å². The number of aliphatic carboxylic acids is 1. The Morgan fingerprint density at radius 2 is 2.06 bits per heavy atom. The van der Waals surface area contributed by atoms with E-state index in [1.807, 2.05) is 6.07 Å². The summed E-state index contributed by atoms with van der Waals surface area (Å²) in [5.74, 6) is -1.21. The summed E-state index contributed by atoms with van der Waals surface area (Å²) in [7, 11) is 1.55. The summed E-state index contributed by atoms with van der Waals surface area (Å²) in [6.45, 7) is 0.470. The highest BCUT2D eigenvalue weighted by molar-refractivity contribution is 5.95. The molecule has 0 atom stereocenters. The molecule has 2 N–H and O–H groups in total. The van der Waals surface area contributed by atoms with Crippen LogP contribution in [0.15, 0.2) is 24.3 Å². The molecule has 1 aromatic carbocycles. The first-order valence-electron chi connectivity index (χ1n) is 5.22. The molecule has 17 heavy (non-hydrogen) atoms. The minimum atomic E-state index is -0.935. The number of amides is 1. The van der Waals surface area contributed by atoms with E-state index in [-0.39, 0.29) is 18.9 Å². The smallest absolute Gasteiger partial charge is 0.305 e. The number of nitrogens with one attached hydrogen (secondary N) is 1. The molecule has 0 radical (unpaired) electrons. The molecule has 0 heterocycles. The van der Waals surface area contributed by atoms with Gasteiger partial charge in [-0.25, -0.2) is 0 Å². The highest BCUT2D eigenvalue weighted by atomic mass is 16.5. The summed E-state index contributed by atoms with van der Waals surface area (Å²) in [5, 5.41) is 11.0. The van der Waals surface area contributed by atoms with Crippen LogP contribution in [-0.2, 0) is 16.1 Å². The van der Waals surface area contributed by atoms with Gasteiger partial charge in [0.2, 0.25) is 0 Å². The van der Waals surface area contributed by atoms with Crippen LogP contribution in [0.25, 0.3) is 0 Å². The van der Waals surface area contributed by atoms with Crippen molar-refractivity contribution in [3.8, 4) is 0 Å². The number of benzene rings is 1. The molecule has 5 nitrogen and oxygen atoms in total. The molecule has 1 amide bonds. The normalized spacial score (nSPS) is 9.94. The molecular formula is C12H15NO4. The van der Waals surface area contributed by atoms with Gasteiger partial charge < -0.3 is 15.2 Å². The van der Waals surface area contributed by atoms with Crippen molar-refractivity contribution in [3.63, 3.8) is 0 Å². The monoisotopic (exact) mass is 237 g/mol. The Balaban J connectivity index is 2.64. The van der Waals surface area contributed by atoms with Crippen LogP contribution in [0.4, 0.5) is 0 Å². The number of hydrogen-bond acceptors (Lipinski definition) is 3. The van der Waals surface area contributed by atoms with E-state index in [9.17, 15) is 9.59 Å². The number of carbonyl (C=O) groups excluding carboxylic acids is 1. The fourth-order valence-corrected chi connectivity index (χ4v) is 1.40. The minimum absolute atomic E-state index is 0.0851. The molecule has 0 bridgehead atoms. The summed E-state index contributed by atoms with van der Waals surface area (Å²) in [4.78, 5) is 22.1. The first-order valence-corrected chi connectivity index (χ1v) is 5.22. The second-order valence-corrected chi connectivity index (χ2v) is 3.49. The van der Waals surface area contributed by atoms with E-state index in [0.29, 0.717) is 12.2 Å². The largest absolute Gasteiger partial charge is 0.481 e. The third-order valence-corrected chi connectivity index (χ3v) is 2.19. The molecule has 0 aliphatic rings. The van der Waals surface area contributed by atoms with Gasteiger partial charge >= 0.3 is 5.97 Å². The fourth-order valence-electron chi connectivity index (χ4n) is 1.40. The van der Waals surface area contributed by atoms with Crippen molar-refractivity contribution < 1.29 is 19.4 Å². The molecule has 92 valence electrons. The SMILES string of the molecule is COCc1ccccc1C(=O)NCCC(=O)O. The Bertz CT molecular complexity index is 403. The number of methoxy groups -OCH3 is 1. The van der Waals surface area contributed by atoms with Crippen LogP contribution < -0.4 is 5.32 Å². The minimum Gasteiger partial charge on any atom is -0.481 e. The lowest BCUT2D eigenvalue weighted by atomic mass is 10.1. The topological polar surface area (TPSA) is 75.6 Å². The van der Waals surface area contributed by atoms with Crippen molar-refractivity contribution in [2.24, 2.45) is 0 Å². The van der Waals surface area contributed by atoms with Crippen LogP contribution in [0.5, 0.6) is 0 Å². The predicted molar refractivity (Wildman–Crippen MR) is 61.7 cm³/mol. The number of carboxylic acid groups (broad SMARTS) is 1. The van der Waals surface area contributed by atoms with Gasteiger partial charge in [-0.05, 0) is 11.6 Å². The first-order chi connectivity index (χ1) is 8.15. The Labute approximate surface area is 99.4 Å². The van der Waals surface area contributed by atoms with Crippen molar-refractivity contribution in [1.82, 2.24) is 5.32 Å². The molecule has 0 unspecified atom stereocenters. The molecule has 0 fully saturated rings. The number of carbonyl (C=O) groups is 2. The van der Waals surface area contributed by atoms with Crippen LogP contribution in [0, 0.1) is 0 Å². The average molecular weight is 237 g/mol. The van der Waals surface area contributed by atoms with Gasteiger partial charge in [-0.3, -0.25) is 9.59 Å². The molecule has 5 heteroatoms. The van der Waals surface area contributed by atoms with Crippen LogP contribution in [0.3, 0.4) is 0 Å². The lowest BCUT2D eigenvalue weighted by Crippen LogP contribution is -2.27. The van der Waals surface area contributed by atoms with Gasteiger partial charge in [0.15, 0.2) is 0 Å². The lowest BCUT2D eigenvalue weighted by molar-refractivity contribution is -0.136. The Morgan fingerprint density at radius 3 is 2.71 bits per heavy atom. The number of rotatable bonds is 6.